The topological polar surface area (TPSA) is 78.0 Å². The monoisotopic (exact) mass is 363 g/mol. The Morgan fingerprint density at radius 1 is 1.22 bits per heavy atom. The summed E-state index contributed by atoms with van der Waals surface area (Å²) in [5.41, 5.74) is 3.26. The van der Waals surface area contributed by atoms with Gasteiger partial charge in [0.05, 0.1) is 17.8 Å². The highest BCUT2D eigenvalue weighted by atomic mass is 16.3. The smallest absolute Gasteiger partial charge is 0.220 e. The molecule has 0 saturated heterocycles. The minimum Gasteiger partial charge on any atom is -0.393 e. The van der Waals surface area contributed by atoms with E-state index < -0.39 is 0 Å². The van der Waals surface area contributed by atoms with E-state index in [1.54, 1.807) is 6.20 Å². The van der Waals surface area contributed by atoms with Crippen LogP contribution in [0.25, 0.3) is 10.9 Å². The molecule has 1 fully saturated rings. The zero-order valence-electron chi connectivity index (χ0n) is 15.3. The number of carbonyl (C=O) groups excluding carboxylic acids is 1. The SMILES string of the molecule is O=C(CCCc1c[nH]c2ccccc12)NC(c1ccccn1)C1CC(O)C1. The van der Waals surface area contributed by atoms with Crippen LogP contribution in [0.3, 0.4) is 0 Å². The second kappa shape index (κ2) is 7.92. The van der Waals surface area contributed by atoms with E-state index in [0.717, 1.165) is 36.9 Å². The molecular weight excluding hydrogens is 338 g/mol. The summed E-state index contributed by atoms with van der Waals surface area (Å²) >= 11 is 0. The Balaban J connectivity index is 1.34. The number of nitrogens with zero attached hydrogens (tertiary/aromatic N) is 1. The van der Waals surface area contributed by atoms with Crippen LogP contribution in [-0.4, -0.2) is 27.1 Å². The number of benzene rings is 1. The van der Waals surface area contributed by atoms with E-state index in [9.17, 15) is 9.90 Å². The lowest BCUT2D eigenvalue weighted by molar-refractivity contribution is -0.123. The second-order valence-corrected chi connectivity index (χ2v) is 7.40. The fourth-order valence-electron chi connectivity index (χ4n) is 3.92. The molecule has 0 radical (unpaired) electrons. The molecule has 5 heteroatoms. The van der Waals surface area contributed by atoms with Crippen molar-refractivity contribution < 1.29 is 9.90 Å². The molecule has 2 aromatic heterocycles. The molecule has 0 aliphatic heterocycles. The summed E-state index contributed by atoms with van der Waals surface area (Å²) < 4.78 is 0. The first kappa shape index (κ1) is 17.7. The second-order valence-electron chi connectivity index (χ2n) is 7.40. The van der Waals surface area contributed by atoms with Crippen LogP contribution >= 0.6 is 0 Å². The molecule has 5 nitrogen and oxygen atoms in total. The maximum atomic E-state index is 12.5. The van der Waals surface area contributed by atoms with Gasteiger partial charge in [-0.15, -0.1) is 0 Å². The molecule has 3 N–H and O–H groups in total. The molecule has 1 aliphatic carbocycles. The highest BCUT2D eigenvalue weighted by Gasteiger charge is 2.36. The van der Waals surface area contributed by atoms with Gasteiger partial charge in [0.25, 0.3) is 0 Å². The summed E-state index contributed by atoms with van der Waals surface area (Å²) in [6.07, 6.45) is 7.13. The maximum absolute atomic E-state index is 12.5. The zero-order valence-corrected chi connectivity index (χ0v) is 15.3. The van der Waals surface area contributed by atoms with Crippen molar-refractivity contribution in [2.45, 2.75) is 44.2 Å². The van der Waals surface area contributed by atoms with Crippen LogP contribution < -0.4 is 5.32 Å². The lowest BCUT2D eigenvalue weighted by atomic mass is 9.76. The normalized spacial score (nSPS) is 20.2. The van der Waals surface area contributed by atoms with Gasteiger partial charge in [0.2, 0.25) is 5.91 Å². The number of H-pyrrole nitrogens is 1. The Kier molecular flexibility index (Phi) is 5.21. The van der Waals surface area contributed by atoms with Gasteiger partial charge >= 0.3 is 0 Å². The molecule has 140 valence electrons. The average molecular weight is 363 g/mol. The molecule has 3 aromatic rings. The molecule has 0 spiro atoms. The third-order valence-electron chi connectivity index (χ3n) is 5.47. The first-order valence-corrected chi connectivity index (χ1v) is 9.64. The van der Waals surface area contributed by atoms with Gasteiger partial charge in [-0.1, -0.05) is 24.3 Å². The van der Waals surface area contributed by atoms with Crippen molar-refractivity contribution in [1.82, 2.24) is 15.3 Å². The Hall–Kier alpha value is -2.66. The van der Waals surface area contributed by atoms with Gasteiger partial charge in [-0.3, -0.25) is 9.78 Å². The number of aromatic nitrogens is 2. The number of para-hydroxylation sites is 1. The molecule has 1 atom stereocenters. The number of carbonyl (C=O) groups is 1. The van der Waals surface area contributed by atoms with Crippen LogP contribution in [-0.2, 0) is 11.2 Å². The number of hydrogen-bond donors (Lipinski definition) is 3. The first-order chi connectivity index (χ1) is 13.2. The average Bonchev–Trinajstić information content (AvgIpc) is 3.08. The molecular formula is C22H25N3O2. The van der Waals surface area contributed by atoms with Gasteiger partial charge < -0.3 is 15.4 Å². The van der Waals surface area contributed by atoms with Crippen molar-refractivity contribution in [2.75, 3.05) is 0 Å². The molecule has 1 amide bonds. The van der Waals surface area contributed by atoms with Crippen molar-refractivity contribution in [3.05, 3.63) is 66.1 Å². The number of pyridine rings is 1. The minimum absolute atomic E-state index is 0.0480. The third kappa shape index (κ3) is 4.03. The standard InChI is InChI=1S/C22H25N3O2/c26-17-12-16(13-17)22(20-9-3-4-11-23-20)25-21(27)10-5-6-15-14-24-19-8-2-1-7-18(15)19/h1-4,7-9,11,14,16-17,22,24,26H,5-6,10,12-13H2,(H,25,27). The van der Waals surface area contributed by atoms with Crippen molar-refractivity contribution in [2.24, 2.45) is 5.92 Å². The fourth-order valence-corrected chi connectivity index (χ4v) is 3.92. The molecule has 4 rings (SSSR count). The van der Waals surface area contributed by atoms with Crippen molar-refractivity contribution in [3.63, 3.8) is 0 Å². The number of rotatable bonds is 7. The number of fused-ring (bicyclic) bond motifs is 1. The first-order valence-electron chi connectivity index (χ1n) is 9.64. The third-order valence-corrected chi connectivity index (χ3v) is 5.47. The highest BCUT2D eigenvalue weighted by Crippen LogP contribution is 2.37. The Morgan fingerprint density at radius 2 is 2.04 bits per heavy atom. The number of amides is 1. The molecule has 2 heterocycles. The van der Waals surface area contributed by atoms with Crippen molar-refractivity contribution in [1.29, 1.82) is 0 Å². The number of aliphatic hydroxyl groups is 1. The van der Waals surface area contributed by atoms with Gasteiger partial charge in [-0.05, 0) is 55.4 Å². The van der Waals surface area contributed by atoms with E-state index in [1.165, 1.54) is 10.9 Å². The number of aryl methyl sites for hydroxylation is 1. The fraction of sp³-hybridized carbons (Fsp3) is 0.364. The summed E-state index contributed by atoms with van der Waals surface area (Å²) in [6.45, 7) is 0. The Morgan fingerprint density at radius 3 is 2.81 bits per heavy atom. The molecule has 1 aromatic carbocycles. The predicted octanol–water partition coefficient (Wildman–Crippen LogP) is 3.51. The predicted molar refractivity (Wildman–Crippen MR) is 105 cm³/mol. The molecule has 1 aliphatic rings. The van der Waals surface area contributed by atoms with Gasteiger partial charge in [0.15, 0.2) is 0 Å². The van der Waals surface area contributed by atoms with E-state index >= 15 is 0 Å². The van der Waals surface area contributed by atoms with Crippen LogP contribution in [0, 0.1) is 5.92 Å². The van der Waals surface area contributed by atoms with Crippen LogP contribution in [0.5, 0.6) is 0 Å². The van der Waals surface area contributed by atoms with Gasteiger partial charge in [-0.25, -0.2) is 0 Å². The van der Waals surface area contributed by atoms with Crippen molar-refractivity contribution >= 4 is 16.8 Å². The quantitative estimate of drug-likeness (QED) is 0.601. The summed E-state index contributed by atoms with van der Waals surface area (Å²) in [5.74, 6) is 0.305. The van der Waals surface area contributed by atoms with Gasteiger partial charge in [0.1, 0.15) is 0 Å². The maximum Gasteiger partial charge on any atom is 0.220 e. The number of hydrogen-bond acceptors (Lipinski definition) is 3. The number of aromatic amines is 1. The molecule has 1 unspecified atom stereocenters. The van der Waals surface area contributed by atoms with Gasteiger partial charge in [0, 0.05) is 29.7 Å². The minimum atomic E-state index is -0.250. The summed E-state index contributed by atoms with van der Waals surface area (Å²) in [4.78, 5) is 20.2. The molecule has 0 bridgehead atoms. The van der Waals surface area contributed by atoms with Crippen molar-refractivity contribution in [3.8, 4) is 0 Å². The highest BCUT2D eigenvalue weighted by molar-refractivity contribution is 5.83. The summed E-state index contributed by atoms with van der Waals surface area (Å²) in [5, 5.41) is 14.0. The van der Waals surface area contributed by atoms with E-state index in [4.69, 9.17) is 0 Å². The van der Waals surface area contributed by atoms with E-state index in [1.807, 2.05) is 36.5 Å². The number of aliphatic hydroxyl groups excluding tert-OH is 1. The zero-order chi connectivity index (χ0) is 18.6. The van der Waals surface area contributed by atoms with Crippen LogP contribution in [0.15, 0.2) is 54.9 Å². The lowest BCUT2D eigenvalue weighted by Gasteiger charge is -2.37. The van der Waals surface area contributed by atoms with E-state index in [2.05, 4.69) is 27.4 Å². The van der Waals surface area contributed by atoms with Crippen LogP contribution in [0.4, 0.5) is 0 Å². The molecule has 1 saturated carbocycles. The summed E-state index contributed by atoms with van der Waals surface area (Å²) in [6, 6.07) is 13.9. The Labute approximate surface area is 158 Å². The van der Waals surface area contributed by atoms with Crippen LogP contribution in [0.1, 0.15) is 43.0 Å². The lowest BCUT2D eigenvalue weighted by Crippen LogP contribution is -2.41. The van der Waals surface area contributed by atoms with Gasteiger partial charge in [-0.2, -0.15) is 0 Å². The number of nitrogens with one attached hydrogen (secondary N) is 2. The summed E-state index contributed by atoms with van der Waals surface area (Å²) in [7, 11) is 0. The Bertz CT molecular complexity index is 900. The molecule has 27 heavy (non-hydrogen) atoms. The van der Waals surface area contributed by atoms with Crippen LogP contribution in [0.2, 0.25) is 0 Å². The largest absolute Gasteiger partial charge is 0.393 e. The van der Waals surface area contributed by atoms with E-state index in [0.29, 0.717) is 6.42 Å². The van der Waals surface area contributed by atoms with E-state index in [-0.39, 0.29) is 24.0 Å².